The van der Waals surface area contributed by atoms with Gasteiger partial charge in [-0.05, 0) is 36.8 Å². The Balaban J connectivity index is 1.59. The Bertz CT molecular complexity index is 1200. The van der Waals surface area contributed by atoms with Gasteiger partial charge in [0.05, 0.1) is 49.9 Å². The maximum absolute atomic E-state index is 13.5. The van der Waals surface area contributed by atoms with Crippen molar-refractivity contribution in [2.24, 2.45) is 0 Å². The maximum Gasteiger partial charge on any atom is 0.291 e. The van der Waals surface area contributed by atoms with Crippen LogP contribution in [0.4, 0.5) is 0 Å². The fourth-order valence-corrected chi connectivity index (χ4v) is 4.67. The lowest BCUT2D eigenvalue weighted by atomic mass is 9.98. The number of para-hydroxylation sites is 1. The highest BCUT2D eigenvalue weighted by Gasteiger charge is 2.43. The standard InChI is InChI=1S/C25H26N2O5/c1-2-31-18-7-5-6-17(16-18)22-21-23(28)19-8-3-4-9-20(19)32-24(21)25(29)27(22)11-10-26-12-14-30-15-13-26/h3-9,16,22H,2,10-15H2,1H3/p+1/t22-/m0/s1. The van der Waals surface area contributed by atoms with Crippen LogP contribution in [0.5, 0.6) is 5.75 Å². The number of carbonyl (C=O) groups excluding carboxylic acids is 1. The number of nitrogens with zero attached hydrogens (tertiary/aromatic N) is 1. The first kappa shape index (κ1) is 20.7. The third-order valence-electron chi connectivity index (χ3n) is 6.26. The van der Waals surface area contributed by atoms with Gasteiger partial charge in [0.25, 0.3) is 5.91 Å². The van der Waals surface area contributed by atoms with Crippen molar-refractivity contribution in [2.75, 3.05) is 46.0 Å². The third-order valence-corrected chi connectivity index (χ3v) is 6.26. The van der Waals surface area contributed by atoms with Crippen LogP contribution in [0.1, 0.15) is 34.6 Å². The highest BCUT2D eigenvalue weighted by molar-refractivity contribution is 5.99. The van der Waals surface area contributed by atoms with Gasteiger partial charge in [-0.15, -0.1) is 0 Å². The van der Waals surface area contributed by atoms with Gasteiger partial charge in [0.2, 0.25) is 5.76 Å². The lowest BCUT2D eigenvalue weighted by molar-refractivity contribution is -0.907. The molecule has 0 spiro atoms. The van der Waals surface area contributed by atoms with Gasteiger partial charge in [-0.25, -0.2) is 0 Å². The van der Waals surface area contributed by atoms with E-state index in [9.17, 15) is 9.59 Å². The number of ether oxygens (including phenoxy) is 2. The molecular weight excluding hydrogens is 408 g/mol. The molecule has 7 nitrogen and oxygen atoms in total. The lowest BCUT2D eigenvalue weighted by Gasteiger charge is -2.29. The second kappa shape index (κ2) is 8.76. The summed E-state index contributed by atoms with van der Waals surface area (Å²) in [5, 5.41) is 0.491. The SMILES string of the molecule is CCOc1cccc([C@H]2c3c(oc4ccccc4c3=O)C(=O)N2CC[NH+]2CCOCC2)c1. The van der Waals surface area contributed by atoms with Crippen LogP contribution in [0.15, 0.2) is 57.7 Å². The lowest BCUT2D eigenvalue weighted by Crippen LogP contribution is -3.14. The molecule has 0 radical (unpaired) electrons. The summed E-state index contributed by atoms with van der Waals surface area (Å²) in [6, 6.07) is 14.2. The molecule has 3 aromatic rings. The summed E-state index contributed by atoms with van der Waals surface area (Å²) in [7, 11) is 0. The second-order valence-electron chi connectivity index (χ2n) is 8.19. The highest BCUT2D eigenvalue weighted by atomic mass is 16.5. The Kier molecular flexibility index (Phi) is 5.68. The molecule has 32 heavy (non-hydrogen) atoms. The van der Waals surface area contributed by atoms with Crippen LogP contribution in [-0.2, 0) is 4.74 Å². The van der Waals surface area contributed by atoms with Crippen molar-refractivity contribution in [1.29, 1.82) is 0 Å². The van der Waals surface area contributed by atoms with Crippen LogP contribution in [-0.4, -0.2) is 56.8 Å². The molecule has 1 fully saturated rings. The first-order valence-corrected chi connectivity index (χ1v) is 11.2. The zero-order chi connectivity index (χ0) is 22.1. The van der Waals surface area contributed by atoms with Gasteiger partial charge >= 0.3 is 0 Å². The van der Waals surface area contributed by atoms with Crippen molar-refractivity contribution in [2.45, 2.75) is 13.0 Å². The molecule has 1 N–H and O–H groups in total. The van der Waals surface area contributed by atoms with Crippen molar-refractivity contribution in [3.8, 4) is 5.75 Å². The van der Waals surface area contributed by atoms with Crippen molar-refractivity contribution < 1.29 is 23.6 Å². The second-order valence-corrected chi connectivity index (χ2v) is 8.19. The normalized spacial score (nSPS) is 18.8. The predicted molar refractivity (Wildman–Crippen MR) is 119 cm³/mol. The number of hydrogen-bond donors (Lipinski definition) is 1. The molecule has 7 heteroatoms. The first-order valence-electron chi connectivity index (χ1n) is 11.2. The summed E-state index contributed by atoms with van der Waals surface area (Å²) in [6.45, 7) is 7.08. The molecule has 1 amide bonds. The van der Waals surface area contributed by atoms with Crippen molar-refractivity contribution in [3.63, 3.8) is 0 Å². The van der Waals surface area contributed by atoms with E-state index in [4.69, 9.17) is 13.9 Å². The number of fused-ring (bicyclic) bond motifs is 2. The minimum absolute atomic E-state index is 0.150. The quantitative estimate of drug-likeness (QED) is 0.638. The Morgan fingerprint density at radius 2 is 1.91 bits per heavy atom. The average molecular weight is 436 g/mol. The number of nitrogens with one attached hydrogen (secondary N) is 1. The zero-order valence-corrected chi connectivity index (χ0v) is 18.1. The van der Waals surface area contributed by atoms with Gasteiger partial charge in [-0.3, -0.25) is 9.59 Å². The number of morpholine rings is 1. The van der Waals surface area contributed by atoms with Crippen LogP contribution in [0.2, 0.25) is 0 Å². The van der Waals surface area contributed by atoms with E-state index in [-0.39, 0.29) is 17.1 Å². The number of hydrogen-bond acceptors (Lipinski definition) is 5. The van der Waals surface area contributed by atoms with Crippen LogP contribution < -0.4 is 15.1 Å². The van der Waals surface area contributed by atoms with Gasteiger partial charge in [-0.2, -0.15) is 0 Å². The smallest absolute Gasteiger partial charge is 0.291 e. The van der Waals surface area contributed by atoms with Crippen molar-refractivity contribution in [1.82, 2.24) is 4.90 Å². The number of amides is 1. The van der Waals surface area contributed by atoms with E-state index in [2.05, 4.69) is 0 Å². The molecular formula is C25H27N2O5+. The highest BCUT2D eigenvalue weighted by Crippen LogP contribution is 2.38. The van der Waals surface area contributed by atoms with Gasteiger partial charge < -0.3 is 23.7 Å². The summed E-state index contributed by atoms with van der Waals surface area (Å²) < 4.78 is 17.1. The van der Waals surface area contributed by atoms with Gasteiger partial charge in [-0.1, -0.05) is 24.3 Å². The van der Waals surface area contributed by atoms with E-state index in [0.29, 0.717) is 29.7 Å². The maximum atomic E-state index is 13.5. The fraction of sp³-hybridized carbons (Fsp3) is 0.360. The minimum atomic E-state index is -0.501. The Labute approximate surface area is 186 Å². The Hall–Kier alpha value is -3.16. The molecule has 1 atom stereocenters. The number of benzene rings is 2. The summed E-state index contributed by atoms with van der Waals surface area (Å²) in [5.41, 5.74) is 1.55. The number of carbonyl (C=O) groups is 1. The minimum Gasteiger partial charge on any atom is -0.494 e. The van der Waals surface area contributed by atoms with E-state index in [1.54, 1.807) is 23.1 Å². The summed E-state index contributed by atoms with van der Waals surface area (Å²) in [4.78, 5) is 30.2. The zero-order valence-electron chi connectivity index (χ0n) is 18.1. The topological polar surface area (TPSA) is 73.4 Å². The summed E-state index contributed by atoms with van der Waals surface area (Å²) in [5.74, 6) is 0.634. The fourth-order valence-electron chi connectivity index (χ4n) is 4.67. The molecule has 166 valence electrons. The summed E-state index contributed by atoms with van der Waals surface area (Å²) >= 11 is 0. The van der Waals surface area contributed by atoms with E-state index < -0.39 is 6.04 Å². The number of quaternary nitrogens is 1. The van der Waals surface area contributed by atoms with Crippen LogP contribution in [0.3, 0.4) is 0 Å². The largest absolute Gasteiger partial charge is 0.494 e. The Morgan fingerprint density at radius 1 is 1.09 bits per heavy atom. The van der Waals surface area contributed by atoms with Crippen molar-refractivity contribution >= 4 is 16.9 Å². The molecule has 2 aromatic carbocycles. The van der Waals surface area contributed by atoms with Crippen molar-refractivity contribution in [3.05, 3.63) is 75.6 Å². The monoisotopic (exact) mass is 435 g/mol. The number of rotatable bonds is 6. The van der Waals surface area contributed by atoms with E-state index in [0.717, 1.165) is 44.2 Å². The summed E-state index contributed by atoms with van der Waals surface area (Å²) in [6.07, 6.45) is 0. The van der Waals surface area contributed by atoms with Crippen LogP contribution in [0, 0.1) is 0 Å². The van der Waals surface area contributed by atoms with E-state index in [1.807, 2.05) is 37.3 Å². The molecule has 2 aliphatic heterocycles. The molecule has 1 saturated heterocycles. The molecule has 1 aromatic heterocycles. The molecule has 5 rings (SSSR count). The Morgan fingerprint density at radius 3 is 2.72 bits per heavy atom. The molecule has 3 heterocycles. The molecule has 2 aliphatic rings. The first-order chi connectivity index (χ1) is 15.7. The van der Waals surface area contributed by atoms with E-state index >= 15 is 0 Å². The van der Waals surface area contributed by atoms with Crippen LogP contribution >= 0.6 is 0 Å². The van der Waals surface area contributed by atoms with Gasteiger partial charge in [0.1, 0.15) is 24.4 Å². The molecule has 0 saturated carbocycles. The average Bonchev–Trinajstić information content (AvgIpc) is 3.11. The van der Waals surface area contributed by atoms with Crippen LogP contribution in [0.25, 0.3) is 11.0 Å². The molecule has 0 aliphatic carbocycles. The van der Waals surface area contributed by atoms with E-state index in [1.165, 1.54) is 4.90 Å². The molecule has 0 bridgehead atoms. The molecule has 0 unspecified atom stereocenters. The third kappa shape index (κ3) is 3.67. The predicted octanol–water partition coefficient (Wildman–Crippen LogP) is 1.65. The van der Waals surface area contributed by atoms with Gasteiger partial charge in [0, 0.05) is 0 Å². The van der Waals surface area contributed by atoms with Gasteiger partial charge in [0.15, 0.2) is 5.43 Å².